The van der Waals surface area contributed by atoms with Crippen LogP contribution in [0.25, 0.3) is 11.0 Å². The molecule has 3 aromatic rings. The second-order valence-corrected chi connectivity index (χ2v) is 6.90. The maximum Gasteiger partial charge on any atom is 0.272 e. The minimum Gasteiger partial charge on any atom is -0.352 e. The summed E-state index contributed by atoms with van der Waals surface area (Å²) in [6.07, 6.45) is 2.28. The average molecular weight is 367 g/mol. The molecule has 3 rings (SSSR count). The zero-order valence-electron chi connectivity index (χ0n) is 14.9. The van der Waals surface area contributed by atoms with Crippen molar-refractivity contribution >= 4 is 28.7 Å². The highest BCUT2D eigenvalue weighted by Gasteiger charge is 2.09. The number of hydrogen-bond acceptors (Lipinski definition) is 4. The fourth-order valence-corrected chi connectivity index (χ4v) is 3.20. The van der Waals surface area contributed by atoms with Crippen molar-refractivity contribution in [3.05, 3.63) is 70.1 Å². The summed E-state index contributed by atoms with van der Waals surface area (Å²) in [5, 5.41) is 2.91. The Morgan fingerprint density at radius 2 is 1.88 bits per heavy atom. The first-order valence-corrected chi connectivity index (χ1v) is 9.67. The number of benzene rings is 2. The van der Waals surface area contributed by atoms with Crippen molar-refractivity contribution in [3.8, 4) is 0 Å². The van der Waals surface area contributed by atoms with Gasteiger partial charge in [0.25, 0.3) is 5.56 Å². The molecule has 0 saturated heterocycles. The van der Waals surface area contributed by atoms with Crippen LogP contribution in [0, 0.1) is 6.92 Å². The lowest BCUT2D eigenvalue weighted by atomic mass is 10.2. The summed E-state index contributed by atoms with van der Waals surface area (Å²) < 4.78 is 1.63. The number of para-hydroxylation sites is 2. The van der Waals surface area contributed by atoms with E-state index in [1.54, 1.807) is 23.3 Å². The summed E-state index contributed by atoms with van der Waals surface area (Å²) in [7, 11) is 0. The molecule has 0 spiro atoms. The van der Waals surface area contributed by atoms with Crippen LogP contribution in [0.1, 0.15) is 17.7 Å². The molecule has 0 saturated carbocycles. The number of fused-ring (bicyclic) bond motifs is 1. The number of carbonyl (C=O) groups excluding carboxylic acids is 1. The molecule has 0 atom stereocenters. The predicted octanol–water partition coefficient (Wildman–Crippen LogP) is 3.13. The third kappa shape index (κ3) is 4.14. The Morgan fingerprint density at radius 3 is 2.62 bits per heavy atom. The summed E-state index contributed by atoms with van der Waals surface area (Å²) in [5.74, 6) is -0.0793. The van der Waals surface area contributed by atoms with Crippen LogP contribution in [-0.2, 0) is 17.9 Å². The van der Waals surface area contributed by atoms with E-state index >= 15 is 0 Å². The fraction of sp³-hybridized carbons (Fsp3) is 0.250. The number of aromatic nitrogens is 2. The van der Waals surface area contributed by atoms with E-state index in [-0.39, 0.29) is 17.9 Å². The molecule has 0 aliphatic heterocycles. The van der Waals surface area contributed by atoms with Crippen LogP contribution in [0.15, 0.2) is 58.2 Å². The van der Waals surface area contributed by atoms with Gasteiger partial charge in [0.05, 0.1) is 11.0 Å². The van der Waals surface area contributed by atoms with Gasteiger partial charge in [0.2, 0.25) is 5.91 Å². The predicted molar refractivity (Wildman–Crippen MR) is 105 cm³/mol. The van der Waals surface area contributed by atoms with Crippen molar-refractivity contribution in [1.29, 1.82) is 0 Å². The maximum atomic E-state index is 12.4. The number of rotatable bonds is 6. The number of amides is 1. The standard InChI is InChI=1S/C20H21N3O2S/c1-14-20(25)23(18-6-4-3-5-17(18)22-14)12-11-19(24)21-13-15-7-9-16(26-2)10-8-15/h3-10H,11-13H2,1-2H3,(H,21,24). The zero-order chi connectivity index (χ0) is 18.5. The summed E-state index contributed by atoms with van der Waals surface area (Å²) in [4.78, 5) is 30.1. The van der Waals surface area contributed by atoms with Gasteiger partial charge in [-0.1, -0.05) is 24.3 Å². The molecular weight excluding hydrogens is 346 g/mol. The van der Waals surface area contributed by atoms with Crippen molar-refractivity contribution in [1.82, 2.24) is 14.9 Å². The minimum absolute atomic E-state index is 0.0793. The van der Waals surface area contributed by atoms with Crippen LogP contribution in [0.5, 0.6) is 0 Å². The molecule has 0 aliphatic carbocycles. The first-order chi connectivity index (χ1) is 12.6. The normalized spacial score (nSPS) is 10.8. The lowest BCUT2D eigenvalue weighted by Crippen LogP contribution is -2.28. The summed E-state index contributed by atoms with van der Waals surface area (Å²) in [6, 6.07) is 15.6. The number of aryl methyl sites for hydroxylation is 2. The van der Waals surface area contributed by atoms with Gasteiger partial charge in [0.1, 0.15) is 5.69 Å². The van der Waals surface area contributed by atoms with Crippen LogP contribution >= 0.6 is 11.8 Å². The smallest absolute Gasteiger partial charge is 0.272 e. The van der Waals surface area contributed by atoms with Gasteiger partial charge in [-0.15, -0.1) is 11.8 Å². The molecule has 1 N–H and O–H groups in total. The first kappa shape index (κ1) is 18.2. The fourth-order valence-electron chi connectivity index (χ4n) is 2.79. The Labute approximate surface area is 156 Å². The lowest BCUT2D eigenvalue weighted by Gasteiger charge is -2.11. The van der Waals surface area contributed by atoms with Gasteiger partial charge in [0.15, 0.2) is 0 Å². The monoisotopic (exact) mass is 367 g/mol. The Balaban J connectivity index is 1.65. The van der Waals surface area contributed by atoms with Gasteiger partial charge in [0, 0.05) is 24.4 Å². The van der Waals surface area contributed by atoms with Gasteiger partial charge in [-0.2, -0.15) is 0 Å². The van der Waals surface area contributed by atoms with E-state index in [0.717, 1.165) is 16.6 Å². The number of hydrogen-bond donors (Lipinski definition) is 1. The van der Waals surface area contributed by atoms with Crippen molar-refractivity contribution < 1.29 is 4.79 Å². The van der Waals surface area contributed by atoms with Gasteiger partial charge in [-0.3, -0.25) is 9.59 Å². The van der Waals surface area contributed by atoms with Gasteiger partial charge >= 0.3 is 0 Å². The molecule has 0 radical (unpaired) electrons. The Kier molecular flexibility index (Phi) is 5.73. The van der Waals surface area contributed by atoms with E-state index in [2.05, 4.69) is 10.3 Å². The number of nitrogens with one attached hydrogen (secondary N) is 1. The Morgan fingerprint density at radius 1 is 1.15 bits per heavy atom. The highest BCUT2D eigenvalue weighted by atomic mass is 32.2. The van der Waals surface area contributed by atoms with Crippen LogP contribution in [-0.4, -0.2) is 21.7 Å². The highest BCUT2D eigenvalue weighted by Crippen LogP contribution is 2.14. The van der Waals surface area contributed by atoms with E-state index < -0.39 is 0 Å². The minimum atomic E-state index is -0.149. The molecule has 1 aromatic heterocycles. The molecule has 1 heterocycles. The van der Waals surface area contributed by atoms with Crippen LogP contribution in [0.2, 0.25) is 0 Å². The quantitative estimate of drug-likeness (QED) is 0.680. The molecule has 1 amide bonds. The highest BCUT2D eigenvalue weighted by molar-refractivity contribution is 7.98. The van der Waals surface area contributed by atoms with Crippen molar-refractivity contribution in [2.75, 3.05) is 6.26 Å². The molecule has 0 bridgehead atoms. The maximum absolute atomic E-state index is 12.4. The molecule has 0 unspecified atom stereocenters. The molecule has 5 nitrogen and oxygen atoms in total. The third-order valence-electron chi connectivity index (χ3n) is 4.23. The summed E-state index contributed by atoms with van der Waals surface area (Å²) in [5.41, 5.74) is 2.86. The molecule has 2 aromatic carbocycles. The van der Waals surface area contributed by atoms with Gasteiger partial charge in [-0.25, -0.2) is 4.98 Å². The molecule has 0 aliphatic rings. The van der Waals surface area contributed by atoms with E-state index in [4.69, 9.17) is 0 Å². The number of carbonyl (C=O) groups is 1. The molecule has 26 heavy (non-hydrogen) atoms. The van der Waals surface area contributed by atoms with E-state index in [9.17, 15) is 9.59 Å². The van der Waals surface area contributed by atoms with E-state index in [0.29, 0.717) is 18.8 Å². The second kappa shape index (κ2) is 8.19. The summed E-state index contributed by atoms with van der Waals surface area (Å²) in [6.45, 7) is 2.52. The zero-order valence-corrected chi connectivity index (χ0v) is 15.7. The molecule has 6 heteroatoms. The van der Waals surface area contributed by atoms with Crippen molar-refractivity contribution in [3.63, 3.8) is 0 Å². The molecule has 0 fully saturated rings. The largest absolute Gasteiger partial charge is 0.352 e. The van der Waals surface area contributed by atoms with Gasteiger partial charge in [-0.05, 0) is 43.0 Å². The van der Waals surface area contributed by atoms with Gasteiger partial charge < -0.3 is 9.88 Å². The van der Waals surface area contributed by atoms with Crippen molar-refractivity contribution in [2.45, 2.75) is 31.3 Å². The molecular formula is C20H21N3O2S. The van der Waals surface area contributed by atoms with Crippen LogP contribution in [0.3, 0.4) is 0 Å². The third-order valence-corrected chi connectivity index (χ3v) is 4.97. The number of nitrogens with zero attached hydrogens (tertiary/aromatic N) is 2. The average Bonchev–Trinajstić information content (AvgIpc) is 2.67. The SMILES string of the molecule is CSc1ccc(CNC(=O)CCn2c(=O)c(C)nc3ccccc32)cc1. The summed E-state index contributed by atoms with van der Waals surface area (Å²) >= 11 is 1.69. The van der Waals surface area contributed by atoms with E-state index in [1.165, 1.54) is 4.90 Å². The van der Waals surface area contributed by atoms with Crippen LogP contribution in [0.4, 0.5) is 0 Å². The topological polar surface area (TPSA) is 64.0 Å². The number of thioether (sulfide) groups is 1. The van der Waals surface area contributed by atoms with Crippen LogP contribution < -0.4 is 10.9 Å². The second-order valence-electron chi connectivity index (χ2n) is 6.02. The van der Waals surface area contributed by atoms with Crippen molar-refractivity contribution in [2.24, 2.45) is 0 Å². The Bertz CT molecular complexity index is 981. The first-order valence-electron chi connectivity index (χ1n) is 8.44. The molecule has 134 valence electrons. The lowest BCUT2D eigenvalue weighted by molar-refractivity contribution is -0.121. The van der Waals surface area contributed by atoms with E-state index in [1.807, 2.05) is 54.8 Å². The Hall–Kier alpha value is -2.60.